The van der Waals surface area contributed by atoms with E-state index in [0.29, 0.717) is 0 Å². The quantitative estimate of drug-likeness (QED) is 0.682. The lowest BCUT2D eigenvalue weighted by Gasteiger charge is -2.27. The van der Waals surface area contributed by atoms with Crippen molar-refractivity contribution in [2.45, 2.75) is 19.4 Å². The maximum absolute atomic E-state index is 4.19. The number of H-pyrrole nitrogens is 1. The first kappa shape index (κ1) is 8.10. The third-order valence-corrected chi connectivity index (χ3v) is 1.99. The van der Waals surface area contributed by atoms with Crippen LogP contribution in [0.15, 0.2) is 30.6 Å². The Morgan fingerprint density at radius 1 is 1.38 bits per heavy atom. The van der Waals surface area contributed by atoms with E-state index >= 15 is 0 Å². The molecule has 0 bridgehead atoms. The summed E-state index contributed by atoms with van der Waals surface area (Å²) in [5.74, 6) is 0.887. The standard InChI is InChI=1S/C10H13N3/c1-10(2)5-3-4-8(13-10)9-11-6-7-12-9/h3-7,13H,1-2H3,(H,11,12). The molecule has 0 fully saturated rings. The molecule has 0 unspecified atom stereocenters. The van der Waals surface area contributed by atoms with Gasteiger partial charge in [0.2, 0.25) is 0 Å². The van der Waals surface area contributed by atoms with Crippen molar-refractivity contribution in [3.8, 4) is 0 Å². The van der Waals surface area contributed by atoms with Gasteiger partial charge in [0, 0.05) is 12.4 Å². The number of dihydropyridines is 1. The number of aromatic amines is 1. The van der Waals surface area contributed by atoms with Gasteiger partial charge in [-0.15, -0.1) is 0 Å². The highest BCUT2D eigenvalue weighted by atomic mass is 15.0. The smallest absolute Gasteiger partial charge is 0.153 e. The van der Waals surface area contributed by atoms with Crippen LogP contribution in [0.4, 0.5) is 0 Å². The maximum atomic E-state index is 4.19. The normalized spacial score (nSPS) is 19.4. The van der Waals surface area contributed by atoms with Gasteiger partial charge in [0.15, 0.2) is 5.82 Å². The molecular formula is C10H13N3. The van der Waals surface area contributed by atoms with E-state index in [1.807, 2.05) is 18.3 Å². The molecular weight excluding hydrogens is 162 g/mol. The molecule has 0 radical (unpaired) electrons. The fourth-order valence-electron chi connectivity index (χ4n) is 1.37. The molecule has 1 aliphatic rings. The number of aromatic nitrogens is 2. The van der Waals surface area contributed by atoms with Crippen LogP contribution in [0.3, 0.4) is 0 Å². The first-order valence-electron chi connectivity index (χ1n) is 4.35. The number of hydrogen-bond donors (Lipinski definition) is 2. The predicted molar refractivity (Wildman–Crippen MR) is 52.9 cm³/mol. The number of allylic oxidation sites excluding steroid dienone is 2. The van der Waals surface area contributed by atoms with Crippen LogP contribution in [0.1, 0.15) is 19.7 Å². The summed E-state index contributed by atoms with van der Waals surface area (Å²) in [4.78, 5) is 7.25. The lowest BCUT2D eigenvalue weighted by molar-refractivity contribution is 0.557. The van der Waals surface area contributed by atoms with Gasteiger partial charge in [0.25, 0.3) is 0 Å². The van der Waals surface area contributed by atoms with Gasteiger partial charge >= 0.3 is 0 Å². The van der Waals surface area contributed by atoms with E-state index < -0.39 is 0 Å². The summed E-state index contributed by atoms with van der Waals surface area (Å²) in [7, 11) is 0. The molecule has 1 aliphatic heterocycles. The molecule has 2 heterocycles. The molecule has 0 saturated carbocycles. The summed E-state index contributed by atoms with van der Waals surface area (Å²) in [6.07, 6.45) is 9.77. The summed E-state index contributed by atoms with van der Waals surface area (Å²) < 4.78 is 0. The molecule has 1 aromatic rings. The van der Waals surface area contributed by atoms with Crippen molar-refractivity contribution < 1.29 is 0 Å². The maximum Gasteiger partial charge on any atom is 0.153 e. The SMILES string of the molecule is CC1(C)C=CC=C(c2ncc[nH]2)N1. The summed E-state index contributed by atoms with van der Waals surface area (Å²) >= 11 is 0. The van der Waals surface area contributed by atoms with Crippen LogP contribution in [0.2, 0.25) is 0 Å². The van der Waals surface area contributed by atoms with Gasteiger partial charge in [-0.3, -0.25) is 0 Å². The molecule has 0 amide bonds. The minimum atomic E-state index is 0.0108. The van der Waals surface area contributed by atoms with E-state index in [4.69, 9.17) is 0 Å². The van der Waals surface area contributed by atoms with Gasteiger partial charge in [0.05, 0.1) is 11.2 Å². The molecule has 1 aromatic heterocycles. The minimum Gasteiger partial charge on any atom is -0.374 e. The van der Waals surface area contributed by atoms with Crippen LogP contribution in [-0.2, 0) is 0 Å². The number of hydrogen-bond acceptors (Lipinski definition) is 2. The van der Waals surface area contributed by atoms with Gasteiger partial charge in [0.1, 0.15) is 0 Å². The largest absolute Gasteiger partial charge is 0.374 e. The average Bonchev–Trinajstić information content (AvgIpc) is 2.53. The highest BCUT2D eigenvalue weighted by Crippen LogP contribution is 2.17. The highest BCUT2D eigenvalue weighted by Gasteiger charge is 2.18. The molecule has 68 valence electrons. The Morgan fingerprint density at radius 3 is 2.85 bits per heavy atom. The van der Waals surface area contributed by atoms with Crippen molar-refractivity contribution in [2.75, 3.05) is 0 Å². The molecule has 3 heteroatoms. The lowest BCUT2D eigenvalue weighted by Crippen LogP contribution is -2.37. The molecule has 2 rings (SSSR count). The Labute approximate surface area is 77.6 Å². The fourth-order valence-corrected chi connectivity index (χ4v) is 1.37. The number of nitrogens with one attached hydrogen (secondary N) is 2. The van der Waals surface area contributed by atoms with Crippen LogP contribution in [0.5, 0.6) is 0 Å². The summed E-state index contributed by atoms with van der Waals surface area (Å²) in [6.45, 7) is 4.25. The van der Waals surface area contributed by atoms with Crippen LogP contribution in [0, 0.1) is 0 Å². The van der Waals surface area contributed by atoms with Crippen molar-refractivity contribution >= 4 is 5.70 Å². The van der Waals surface area contributed by atoms with Gasteiger partial charge in [-0.2, -0.15) is 0 Å². The van der Waals surface area contributed by atoms with Crippen LogP contribution in [-0.4, -0.2) is 15.5 Å². The first-order valence-corrected chi connectivity index (χ1v) is 4.35. The van der Waals surface area contributed by atoms with Crippen molar-refractivity contribution in [3.05, 3.63) is 36.4 Å². The average molecular weight is 175 g/mol. The van der Waals surface area contributed by atoms with Crippen LogP contribution < -0.4 is 5.32 Å². The second-order valence-corrected chi connectivity index (χ2v) is 3.72. The third kappa shape index (κ3) is 1.64. The molecule has 3 nitrogen and oxygen atoms in total. The lowest BCUT2D eigenvalue weighted by atomic mass is 10.0. The summed E-state index contributed by atoms with van der Waals surface area (Å²) in [6, 6.07) is 0. The van der Waals surface area contributed by atoms with Crippen molar-refractivity contribution in [3.63, 3.8) is 0 Å². The van der Waals surface area contributed by atoms with Gasteiger partial charge in [-0.1, -0.05) is 12.2 Å². The Kier molecular flexibility index (Phi) is 1.72. The zero-order valence-corrected chi connectivity index (χ0v) is 7.83. The Balaban J connectivity index is 2.28. The summed E-state index contributed by atoms with van der Waals surface area (Å²) in [5, 5.41) is 3.38. The zero-order valence-electron chi connectivity index (χ0n) is 7.83. The second-order valence-electron chi connectivity index (χ2n) is 3.72. The molecule has 0 saturated heterocycles. The van der Waals surface area contributed by atoms with E-state index in [0.717, 1.165) is 11.5 Å². The number of rotatable bonds is 1. The van der Waals surface area contributed by atoms with Crippen molar-refractivity contribution in [1.82, 2.24) is 15.3 Å². The van der Waals surface area contributed by atoms with Gasteiger partial charge in [-0.25, -0.2) is 4.98 Å². The van der Waals surface area contributed by atoms with E-state index in [-0.39, 0.29) is 5.54 Å². The molecule has 0 atom stereocenters. The second kappa shape index (κ2) is 2.76. The highest BCUT2D eigenvalue weighted by molar-refractivity contribution is 5.62. The topological polar surface area (TPSA) is 40.7 Å². The Bertz CT molecular complexity index is 344. The van der Waals surface area contributed by atoms with Gasteiger partial charge in [-0.05, 0) is 19.9 Å². The zero-order chi connectivity index (χ0) is 9.31. The minimum absolute atomic E-state index is 0.0108. The van der Waals surface area contributed by atoms with E-state index in [2.05, 4.69) is 35.2 Å². The van der Waals surface area contributed by atoms with Crippen molar-refractivity contribution in [2.24, 2.45) is 0 Å². The molecule has 13 heavy (non-hydrogen) atoms. The first-order chi connectivity index (χ1) is 6.17. The van der Waals surface area contributed by atoms with E-state index in [9.17, 15) is 0 Å². The number of nitrogens with zero attached hydrogens (tertiary/aromatic N) is 1. The molecule has 2 N–H and O–H groups in total. The van der Waals surface area contributed by atoms with E-state index in [1.165, 1.54) is 0 Å². The molecule has 0 aromatic carbocycles. The summed E-state index contributed by atoms with van der Waals surface area (Å²) in [5.41, 5.74) is 1.05. The van der Waals surface area contributed by atoms with Crippen LogP contribution >= 0.6 is 0 Å². The number of imidazole rings is 1. The third-order valence-electron chi connectivity index (χ3n) is 1.99. The monoisotopic (exact) mass is 175 g/mol. The van der Waals surface area contributed by atoms with Gasteiger partial charge < -0.3 is 10.3 Å². The Hall–Kier alpha value is -1.51. The fraction of sp³-hybridized carbons (Fsp3) is 0.300. The van der Waals surface area contributed by atoms with Crippen LogP contribution in [0.25, 0.3) is 5.70 Å². The molecule has 0 spiro atoms. The molecule has 0 aliphatic carbocycles. The predicted octanol–water partition coefficient (Wildman–Crippen LogP) is 1.69. The Morgan fingerprint density at radius 2 is 2.23 bits per heavy atom. The van der Waals surface area contributed by atoms with Crippen molar-refractivity contribution in [1.29, 1.82) is 0 Å². The van der Waals surface area contributed by atoms with E-state index in [1.54, 1.807) is 6.20 Å².